The summed E-state index contributed by atoms with van der Waals surface area (Å²) in [6, 6.07) is 7.75. The van der Waals surface area contributed by atoms with E-state index in [2.05, 4.69) is 29.4 Å². The molecule has 0 aliphatic heterocycles. The Morgan fingerprint density at radius 2 is 2.14 bits per heavy atom. The molecule has 2 amide bonds. The zero-order valence-corrected chi connectivity index (χ0v) is 13.0. The highest BCUT2D eigenvalue weighted by Crippen LogP contribution is 2.21. The number of rotatable bonds is 4. The summed E-state index contributed by atoms with van der Waals surface area (Å²) in [5.74, 6) is 0. The summed E-state index contributed by atoms with van der Waals surface area (Å²) in [6.45, 7) is 4.24. The largest absolute Gasteiger partial charge is 0.391 e. The molecular weight excluding hydrogens is 266 g/mol. The molecule has 0 saturated heterocycles. The van der Waals surface area contributed by atoms with Crippen molar-refractivity contribution in [3.8, 4) is 0 Å². The van der Waals surface area contributed by atoms with Crippen LogP contribution in [0.25, 0.3) is 0 Å². The fourth-order valence-corrected chi connectivity index (χ4v) is 2.55. The van der Waals surface area contributed by atoms with Gasteiger partial charge in [0.05, 0.1) is 12.1 Å². The molecule has 1 fully saturated rings. The van der Waals surface area contributed by atoms with E-state index in [-0.39, 0.29) is 12.1 Å². The van der Waals surface area contributed by atoms with Crippen LogP contribution in [0.4, 0.5) is 16.2 Å². The minimum atomic E-state index is -0.422. The average Bonchev–Trinajstić information content (AvgIpc) is 2.83. The topological polar surface area (TPSA) is 64.6 Å². The summed E-state index contributed by atoms with van der Waals surface area (Å²) in [6.07, 6.45) is 2.14. The van der Waals surface area contributed by atoms with Gasteiger partial charge in [0.15, 0.2) is 0 Å². The van der Waals surface area contributed by atoms with E-state index in [0.717, 1.165) is 30.6 Å². The third-order valence-corrected chi connectivity index (χ3v) is 4.08. The number of hydrogen-bond donors (Lipinski definition) is 3. The van der Waals surface area contributed by atoms with Crippen molar-refractivity contribution in [2.45, 2.75) is 51.3 Å². The molecule has 21 heavy (non-hydrogen) atoms. The van der Waals surface area contributed by atoms with Crippen LogP contribution in [0.2, 0.25) is 0 Å². The number of carbonyl (C=O) groups excluding carboxylic acids is 1. The lowest BCUT2D eigenvalue weighted by molar-refractivity contribution is 0.151. The van der Waals surface area contributed by atoms with Crippen LogP contribution in [0, 0.1) is 0 Å². The van der Waals surface area contributed by atoms with E-state index in [1.54, 1.807) is 0 Å². The number of aliphatic hydroxyl groups excluding tert-OH is 1. The maximum absolute atomic E-state index is 12.0. The fraction of sp³-hybridized carbons (Fsp3) is 0.562. The van der Waals surface area contributed by atoms with Gasteiger partial charge in [-0.2, -0.15) is 0 Å². The first-order valence-corrected chi connectivity index (χ1v) is 7.56. The maximum Gasteiger partial charge on any atom is 0.319 e. The van der Waals surface area contributed by atoms with Gasteiger partial charge in [-0.05, 0) is 51.3 Å². The van der Waals surface area contributed by atoms with Crippen LogP contribution in [0.15, 0.2) is 24.3 Å². The number of carbonyl (C=O) groups is 1. The number of urea groups is 1. The third kappa shape index (κ3) is 4.11. The van der Waals surface area contributed by atoms with E-state index in [1.807, 2.05) is 31.3 Å². The molecule has 5 nitrogen and oxygen atoms in total. The molecule has 1 aliphatic rings. The van der Waals surface area contributed by atoms with Crippen molar-refractivity contribution < 1.29 is 9.90 Å². The second kappa shape index (κ2) is 6.80. The van der Waals surface area contributed by atoms with E-state index in [4.69, 9.17) is 0 Å². The van der Waals surface area contributed by atoms with Crippen molar-refractivity contribution in [2.75, 3.05) is 17.3 Å². The molecule has 0 spiro atoms. The molecule has 1 aromatic rings. The average molecular weight is 291 g/mol. The second-order valence-electron chi connectivity index (χ2n) is 5.96. The van der Waals surface area contributed by atoms with Crippen LogP contribution in [-0.4, -0.2) is 36.4 Å². The van der Waals surface area contributed by atoms with Gasteiger partial charge in [-0.25, -0.2) is 4.79 Å². The Morgan fingerprint density at radius 1 is 1.38 bits per heavy atom. The summed E-state index contributed by atoms with van der Waals surface area (Å²) in [7, 11) is 2.03. The van der Waals surface area contributed by atoms with Crippen molar-refractivity contribution >= 4 is 17.4 Å². The number of hydrogen-bond acceptors (Lipinski definition) is 3. The predicted molar refractivity (Wildman–Crippen MR) is 85.8 cm³/mol. The van der Waals surface area contributed by atoms with E-state index in [0.29, 0.717) is 6.04 Å². The highest BCUT2D eigenvalue weighted by Gasteiger charge is 2.26. The summed E-state index contributed by atoms with van der Waals surface area (Å²) in [4.78, 5) is 14.1. The fourth-order valence-electron chi connectivity index (χ4n) is 2.55. The van der Waals surface area contributed by atoms with Crippen molar-refractivity contribution in [1.82, 2.24) is 5.32 Å². The Morgan fingerprint density at radius 3 is 2.76 bits per heavy atom. The van der Waals surface area contributed by atoms with Crippen molar-refractivity contribution in [2.24, 2.45) is 0 Å². The molecule has 0 radical (unpaired) electrons. The van der Waals surface area contributed by atoms with Gasteiger partial charge in [0, 0.05) is 24.5 Å². The van der Waals surface area contributed by atoms with Crippen LogP contribution in [0.5, 0.6) is 0 Å². The van der Waals surface area contributed by atoms with Crippen LogP contribution >= 0.6 is 0 Å². The first kappa shape index (κ1) is 15.6. The molecule has 0 bridgehead atoms. The van der Waals surface area contributed by atoms with Gasteiger partial charge >= 0.3 is 6.03 Å². The summed E-state index contributed by atoms with van der Waals surface area (Å²) in [5.41, 5.74) is 1.81. The van der Waals surface area contributed by atoms with Gasteiger partial charge < -0.3 is 20.6 Å². The molecule has 2 atom stereocenters. The first-order chi connectivity index (χ1) is 9.97. The molecule has 5 heteroatoms. The van der Waals surface area contributed by atoms with Gasteiger partial charge in [-0.15, -0.1) is 0 Å². The second-order valence-corrected chi connectivity index (χ2v) is 5.96. The van der Waals surface area contributed by atoms with Crippen LogP contribution in [0.3, 0.4) is 0 Å². The molecule has 2 rings (SSSR count). The number of nitrogens with zero attached hydrogens (tertiary/aromatic N) is 1. The van der Waals surface area contributed by atoms with Gasteiger partial charge in [0.1, 0.15) is 0 Å². The highest BCUT2D eigenvalue weighted by atomic mass is 16.3. The lowest BCUT2D eigenvalue weighted by Gasteiger charge is -2.24. The van der Waals surface area contributed by atoms with Gasteiger partial charge in [0.2, 0.25) is 0 Å². The standard InChI is InChI=1S/C16H25N3O2/c1-11(2)19(3)13-7-4-6-12(10-13)17-16(21)18-14-8-5-9-15(14)20/h4,6-7,10-11,14-15,20H,5,8-9H2,1-3H3,(H2,17,18,21)/t14-,15+/m0/s1. The molecule has 3 N–H and O–H groups in total. The number of amides is 2. The van der Waals surface area contributed by atoms with Crippen molar-refractivity contribution in [3.05, 3.63) is 24.3 Å². The number of aliphatic hydroxyl groups is 1. The Hall–Kier alpha value is -1.75. The lowest BCUT2D eigenvalue weighted by atomic mass is 10.2. The van der Waals surface area contributed by atoms with Crippen LogP contribution in [-0.2, 0) is 0 Å². The molecular formula is C16H25N3O2. The van der Waals surface area contributed by atoms with Gasteiger partial charge in [-0.1, -0.05) is 6.07 Å². The smallest absolute Gasteiger partial charge is 0.319 e. The summed E-state index contributed by atoms with van der Waals surface area (Å²) < 4.78 is 0. The third-order valence-electron chi connectivity index (χ3n) is 4.08. The number of benzene rings is 1. The Balaban J connectivity index is 1.96. The molecule has 1 aromatic carbocycles. The zero-order valence-electron chi connectivity index (χ0n) is 13.0. The Kier molecular flexibility index (Phi) is 5.07. The van der Waals surface area contributed by atoms with Gasteiger partial charge in [0.25, 0.3) is 0 Å². The quantitative estimate of drug-likeness (QED) is 0.799. The molecule has 0 heterocycles. The minimum Gasteiger partial charge on any atom is -0.391 e. The normalized spacial score (nSPS) is 21.4. The lowest BCUT2D eigenvalue weighted by Crippen LogP contribution is -2.42. The Labute approximate surface area is 126 Å². The molecule has 0 unspecified atom stereocenters. The number of nitrogens with one attached hydrogen (secondary N) is 2. The van der Waals surface area contributed by atoms with Crippen molar-refractivity contribution in [3.63, 3.8) is 0 Å². The van der Waals surface area contributed by atoms with Crippen molar-refractivity contribution in [1.29, 1.82) is 0 Å². The predicted octanol–water partition coefficient (Wildman–Crippen LogP) is 2.57. The summed E-state index contributed by atoms with van der Waals surface area (Å²) >= 11 is 0. The molecule has 116 valence electrons. The van der Waals surface area contributed by atoms with E-state index in [1.165, 1.54) is 0 Å². The highest BCUT2D eigenvalue weighted by molar-refractivity contribution is 5.90. The monoisotopic (exact) mass is 291 g/mol. The molecule has 1 saturated carbocycles. The first-order valence-electron chi connectivity index (χ1n) is 7.56. The molecule has 0 aromatic heterocycles. The Bertz CT molecular complexity index is 490. The maximum atomic E-state index is 12.0. The van der Waals surface area contributed by atoms with E-state index >= 15 is 0 Å². The number of anilines is 2. The van der Waals surface area contributed by atoms with E-state index < -0.39 is 6.10 Å². The van der Waals surface area contributed by atoms with E-state index in [9.17, 15) is 9.90 Å². The van der Waals surface area contributed by atoms with Crippen LogP contribution in [0.1, 0.15) is 33.1 Å². The SMILES string of the molecule is CC(C)N(C)c1cccc(NC(=O)N[C@H]2CCC[C@H]2O)c1. The van der Waals surface area contributed by atoms with Gasteiger partial charge in [-0.3, -0.25) is 0 Å². The van der Waals surface area contributed by atoms with Crippen LogP contribution < -0.4 is 15.5 Å². The minimum absolute atomic E-state index is 0.133. The summed E-state index contributed by atoms with van der Waals surface area (Å²) in [5, 5.41) is 15.4. The zero-order chi connectivity index (χ0) is 15.4. The molecule has 1 aliphatic carbocycles.